The lowest BCUT2D eigenvalue weighted by Crippen LogP contribution is -2.46. The fourth-order valence-electron chi connectivity index (χ4n) is 3.31. The molecule has 6 heteroatoms. The van der Waals surface area contributed by atoms with Gasteiger partial charge in [-0.25, -0.2) is 4.39 Å². The van der Waals surface area contributed by atoms with Crippen LogP contribution in [0.1, 0.15) is 18.9 Å². The van der Waals surface area contributed by atoms with Crippen LogP contribution in [0.3, 0.4) is 0 Å². The molecular formula is C22H28FN3OS. The number of rotatable bonds is 7. The molecular weight excluding hydrogens is 373 g/mol. The van der Waals surface area contributed by atoms with Gasteiger partial charge in [0.15, 0.2) is 0 Å². The molecule has 0 saturated carbocycles. The van der Waals surface area contributed by atoms with E-state index in [0.29, 0.717) is 12.2 Å². The molecule has 2 aromatic rings. The number of thioether (sulfide) groups is 1. The first-order valence-electron chi connectivity index (χ1n) is 9.81. The number of hydrogen-bond acceptors (Lipinski definition) is 4. The van der Waals surface area contributed by atoms with Gasteiger partial charge in [0, 0.05) is 54.6 Å². The lowest BCUT2D eigenvalue weighted by Gasteiger charge is -2.35. The Morgan fingerprint density at radius 2 is 1.82 bits per heavy atom. The lowest BCUT2D eigenvalue weighted by molar-refractivity contribution is -0.115. The van der Waals surface area contributed by atoms with Crippen molar-refractivity contribution < 1.29 is 9.18 Å². The van der Waals surface area contributed by atoms with Gasteiger partial charge in [-0.15, -0.1) is 11.8 Å². The van der Waals surface area contributed by atoms with Crippen molar-refractivity contribution in [1.82, 2.24) is 4.90 Å². The average Bonchev–Trinajstić information content (AvgIpc) is 2.71. The van der Waals surface area contributed by atoms with Crippen LogP contribution in [0, 0.1) is 12.7 Å². The summed E-state index contributed by atoms with van der Waals surface area (Å²) in [5, 5.41) is 3.01. The van der Waals surface area contributed by atoms with E-state index in [1.54, 1.807) is 23.9 Å². The Kier molecular flexibility index (Phi) is 7.34. The minimum Gasteiger partial charge on any atom is -0.369 e. The third kappa shape index (κ3) is 5.72. The van der Waals surface area contributed by atoms with E-state index in [1.807, 2.05) is 13.0 Å². The van der Waals surface area contributed by atoms with E-state index in [2.05, 4.69) is 34.2 Å². The van der Waals surface area contributed by atoms with E-state index in [0.717, 1.165) is 48.9 Å². The number of carbonyl (C=O) groups excluding carboxylic acids is 1. The molecule has 0 aromatic heterocycles. The Morgan fingerprint density at radius 1 is 1.11 bits per heavy atom. The summed E-state index contributed by atoms with van der Waals surface area (Å²) in [5.41, 5.74) is 3.17. The van der Waals surface area contributed by atoms with Gasteiger partial charge >= 0.3 is 0 Å². The zero-order chi connectivity index (χ0) is 19.9. The number of nitrogens with one attached hydrogen (secondary N) is 1. The van der Waals surface area contributed by atoms with Crippen molar-refractivity contribution in [2.75, 3.05) is 48.7 Å². The van der Waals surface area contributed by atoms with Gasteiger partial charge in [0.2, 0.25) is 5.91 Å². The Labute approximate surface area is 171 Å². The number of carbonyl (C=O) groups is 1. The van der Waals surface area contributed by atoms with E-state index < -0.39 is 0 Å². The van der Waals surface area contributed by atoms with Gasteiger partial charge in [0.1, 0.15) is 5.82 Å². The molecule has 1 fully saturated rings. The summed E-state index contributed by atoms with van der Waals surface area (Å²) in [6.07, 6.45) is 0.419. The highest BCUT2D eigenvalue weighted by Crippen LogP contribution is 2.24. The molecule has 0 spiro atoms. The summed E-state index contributed by atoms with van der Waals surface area (Å²) >= 11 is 1.56. The predicted molar refractivity (Wildman–Crippen MR) is 116 cm³/mol. The number of likely N-dealkylation sites (N-methyl/N-ethyl adjacent to an activating group) is 1. The number of nitrogens with zero attached hydrogens (tertiary/aromatic N) is 2. The first-order valence-corrected chi connectivity index (χ1v) is 10.8. The Morgan fingerprint density at radius 3 is 2.46 bits per heavy atom. The normalized spacial score (nSPS) is 14.9. The van der Waals surface area contributed by atoms with Crippen molar-refractivity contribution >= 4 is 29.0 Å². The van der Waals surface area contributed by atoms with Crippen LogP contribution in [0.15, 0.2) is 47.4 Å². The summed E-state index contributed by atoms with van der Waals surface area (Å²) in [5.74, 6) is 0.423. The molecule has 0 aliphatic carbocycles. The number of amides is 1. The van der Waals surface area contributed by atoms with E-state index in [1.165, 1.54) is 17.8 Å². The third-order valence-electron chi connectivity index (χ3n) is 5.08. The van der Waals surface area contributed by atoms with Gasteiger partial charge in [-0.1, -0.05) is 6.92 Å². The molecule has 0 unspecified atom stereocenters. The molecule has 1 saturated heterocycles. The first-order chi connectivity index (χ1) is 13.5. The Hall–Kier alpha value is -2.05. The van der Waals surface area contributed by atoms with Crippen molar-refractivity contribution in [3.8, 4) is 0 Å². The van der Waals surface area contributed by atoms with Gasteiger partial charge in [0.05, 0.1) is 0 Å². The molecule has 1 amide bonds. The largest absolute Gasteiger partial charge is 0.369 e. The maximum atomic E-state index is 12.9. The summed E-state index contributed by atoms with van der Waals surface area (Å²) in [6, 6.07) is 12.6. The number of aryl methyl sites for hydroxylation is 1. The van der Waals surface area contributed by atoms with E-state index in [9.17, 15) is 9.18 Å². The van der Waals surface area contributed by atoms with Crippen LogP contribution in [-0.4, -0.2) is 49.3 Å². The fraction of sp³-hybridized carbons (Fsp3) is 0.409. The van der Waals surface area contributed by atoms with Crippen LogP contribution < -0.4 is 10.2 Å². The second-order valence-corrected chi connectivity index (χ2v) is 8.19. The second kappa shape index (κ2) is 9.94. The SMILES string of the molecule is CCN1CCN(c2ccc(NC(=O)CCSc3ccc(F)cc3)c(C)c2)CC1. The Balaban J connectivity index is 1.48. The van der Waals surface area contributed by atoms with Crippen molar-refractivity contribution in [3.05, 3.63) is 53.8 Å². The average molecular weight is 402 g/mol. The number of hydrogen-bond donors (Lipinski definition) is 1. The van der Waals surface area contributed by atoms with Crippen LogP contribution >= 0.6 is 11.8 Å². The molecule has 1 aliphatic rings. The standard InChI is InChI=1S/C22H28FN3OS/c1-3-25-11-13-26(14-12-25)19-6-9-21(17(2)16-19)24-22(27)10-15-28-20-7-4-18(23)5-8-20/h4-9,16H,3,10-15H2,1-2H3,(H,24,27). The number of benzene rings is 2. The molecule has 150 valence electrons. The number of anilines is 2. The van der Waals surface area contributed by atoms with Crippen LogP contribution in [0.25, 0.3) is 0 Å². The molecule has 28 heavy (non-hydrogen) atoms. The van der Waals surface area contributed by atoms with Gasteiger partial charge in [-0.2, -0.15) is 0 Å². The zero-order valence-corrected chi connectivity index (χ0v) is 17.4. The van der Waals surface area contributed by atoms with Gasteiger partial charge < -0.3 is 15.1 Å². The summed E-state index contributed by atoms with van der Waals surface area (Å²) in [7, 11) is 0. The molecule has 4 nitrogen and oxygen atoms in total. The second-order valence-electron chi connectivity index (χ2n) is 7.02. The Bertz CT molecular complexity index is 789. The molecule has 0 bridgehead atoms. The van der Waals surface area contributed by atoms with Crippen LogP contribution in [0.4, 0.5) is 15.8 Å². The van der Waals surface area contributed by atoms with E-state index in [4.69, 9.17) is 0 Å². The number of halogens is 1. The summed E-state index contributed by atoms with van der Waals surface area (Å²) < 4.78 is 12.9. The zero-order valence-electron chi connectivity index (χ0n) is 16.6. The van der Waals surface area contributed by atoms with E-state index in [-0.39, 0.29) is 11.7 Å². The third-order valence-corrected chi connectivity index (χ3v) is 6.09. The van der Waals surface area contributed by atoms with Crippen molar-refractivity contribution in [1.29, 1.82) is 0 Å². The van der Waals surface area contributed by atoms with Crippen molar-refractivity contribution in [3.63, 3.8) is 0 Å². The highest BCUT2D eigenvalue weighted by atomic mass is 32.2. The van der Waals surface area contributed by atoms with Crippen molar-refractivity contribution in [2.24, 2.45) is 0 Å². The van der Waals surface area contributed by atoms with E-state index >= 15 is 0 Å². The molecule has 2 aromatic carbocycles. The summed E-state index contributed by atoms with van der Waals surface area (Å²) in [4.78, 5) is 18.1. The number of piperazine rings is 1. The fourth-order valence-corrected chi connectivity index (χ4v) is 4.16. The predicted octanol–water partition coefficient (Wildman–Crippen LogP) is 4.40. The van der Waals surface area contributed by atoms with Gasteiger partial charge in [-0.3, -0.25) is 4.79 Å². The maximum Gasteiger partial charge on any atom is 0.225 e. The highest BCUT2D eigenvalue weighted by molar-refractivity contribution is 7.99. The smallest absolute Gasteiger partial charge is 0.225 e. The maximum absolute atomic E-state index is 12.9. The monoisotopic (exact) mass is 401 g/mol. The van der Waals surface area contributed by atoms with Gasteiger partial charge in [-0.05, 0) is 61.5 Å². The quantitative estimate of drug-likeness (QED) is 0.698. The van der Waals surface area contributed by atoms with Crippen LogP contribution in [0.5, 0.6) is 0 Å². The molecule has 0 radical (unpaired) electrons. The topological polar surface area (TPSA) is 35.6 Å². The van der Waals surface area contributed by atoms with Crippen LogP contribution in [0.2, 0.25) is 0 Å². The minimum absolute atomic E-state index is 0.00187. The molecule has 1 N–H and O–H groups in total. The van der Waals surface area contributed by atoms with Crippen LogP contribution in [-0.2, 0) is 4.79 Å². The first kappa shape index (κ1) is 20.7. The molecule has 3 rings (SSSR count). The minimum atomic E-state index is -0.242. The molecule has 1 heterocycles. The highest BCUT2D eigenvalue weighted by Gasteiger charge is 2.16. The summed E-state index contributed by atoms with van der Waals surface area (Å²) in [6.45, 7) is 9.63. The van der Waals surface area contributed by atoms with Crippen molar-refractivity contribution in [2.45, 2.75) is 25.2 Å². The lowest BCUT2D eigenvalue weighted by atomic mass is 10.1. The molecule has 1 aliphatic heterocycles. The molecule has 0 atom stereocenters. The van der Waals surface area contributed by atoms with Gasteiger partial charge in [0.25, 0.3) is 0 Å².